The van der Waals surface area contributed by atoms with Gasteiger partial charge in [-0.25, -0.2) is 4.79 Å². The molecule has 27 heavy (non-hydrogen) atoms. The minimum absolute atomic E-state index is 0.219. The smallest absolute Gasteiger partial charge is 0.339 e. The normalized spacial score (nSPS) is 18.9. The number of methoxy groups -OCH3 is 1. The maximum absolute atomic E-state index is 12.1. The quantitative estimate of drug-likeness (QED) is 0.645. The van der Waals surface area contributed by atoms with Gasteiger partial charge < -0.3 is 9.47 Å². The van der Waals surface area contributed by atoms with E-state index in [-0.39, 0.29) is 5.97 Å². The molecule has 4 heteroatoms. The third-order valence-electron chi connectivity index (χ3n) is 5.78. The van der Waals surface area contributed by atoms with E-state index < -0.39 is 0 Å². The average molecular weight is 359 g/mol. The molecular formula is C23H21NO3. The van der Waals surface area contributed by atoms with Crippen molar-refractivity contribution in [2.24, 2.45) is 0 Å². The number of cyclic esters (lactones) is 1. The summed E-state index contributed by atoms with van der Waals surface area (Å²) in [6, 6.07) is 19.0. The van der Waals surface area contributed by atoms with E-state index in [2.05, 4.69) is 41.3 Å². The Morgan fingerprint density at radius 2 is 2.04 bits per heavy atom. The van der Waals surface area contributed by atoms with E-state index in [1.54, 1.807) is 7.11 Å². The second kappa shape index (κ2) is 6.39. The summed E-state index contributed by atoms with van der Waals surface area (Å²) in [6.45, 7) is 2.31. The molecule has 4 nitrogen and oxygen atoms in total. The van der Waals surface area contributed by atoms with Gasteiger partial charge >= 0.3 is 5.97 Å². The summed E-state index contributed by atoms with van der Waals surface area (Å²) in [4.78, 5) is 14.6. The second-order valence-electron chi connectivity index (χ2n) is 7.24. The molecule has 0 radical (unpaired) electrons. The molecule has 2 aliphatic rings. The number of likely N-dealkylation sites (tertiary alicyclic amines) is 1. The molecule has 0 aromatic heterocycles. The first-order valence-corrected chi connectivity index (χ1v) is 9.33. The van der Waals surface area contributed by atoms with Gasteiger partial charge in [0.2, 0.25) is 0 Å². The fourth-order valence-electron chi connectivity index (χ4n) is 4.26. The van der Waals surface area contributed by atoms with Gasteiger partial charge in [0.1, 0.15) is 12.4 Å². The lowest BCUT2D eigenvalue weighted by Crippen LogP contribution is -2.40. The standard InChI is InChI=1S/C23H21NO3/c1-26-18-5-2-4-15(12-18)21-10-11-24(21)13-16-8-9-17-14-27-23(25)20-7-3-6-19(16)22(17)20/h2-9,12,21H,10-11,13-14H2,1H3/t21-/m1/s1. The van der Waals surface area contributed by atoms with Crippen molar-refractivity contribution >= 4 is 16.7 Å². The number of rotatable bonds is 4. The van der Waals surface area contributed by atoms with E-state index in [9.17, 15) is 4.79 Å². The van der Waals surface area contributed by atoms with Crippen LogP contribution < -0.4 is 4.74 Å². The van der Waals surface area contributed by atoms with Crippen molar-refractivity contribution in [2.45, 2.75) is 25.6 Å². The van der Waals surface area contributed by atoms with E-state index >= 15 is 0 Å². The maximum Gasteiger partial charge on any atom is 0.339 e. The highest BCUT2D eigenvalue weighted by atomic mass is 16.5. The molecule has 0 aliphatic carbocycles. The third-order valence-corrected chi connectivity index (χ3v) is 5.78. The van der Waals surface area contributed by atoms with Gasteiger partial charge in [0, 0.05) is 24.5 Å². The molecule has 2 aliphatic heterocycles. The number of ether oxygens (including phenoxy) is 2. The molecule has 0 spiro atoms. The van der Waals surface area contributed by atoms with Crippen LogP contribution in [0.5, 0.6) is 5.75 Å². The van der Waals surface area contributed by atoms with Crippen LogP contribution in [0, 0.1) is 0 Å². The van der Waals surface area contributed by atoms with Crippen LogP contribution in [0.2, 0.25) is 0 Å². The van der Waals surface area contributed by atoms with Crippen LogP contribution in [0.3, 0.4) is 0 Å². The Morgan fingerprint density at radius 1 is 1.15 bits per heavy atom. The van der Waals surface area contributed by atoms with Gasteiger partial charge in [-0.15, -0.1) is 0 Å². The molecule has 2 heterocycles. The topological polar surface area (TPSA) is 38.8 Å². The van der Waals surface area contributed by atoms with E-state index in [0.29, 0.717) is 18.2 Å². The lowest BCUT2D eigenvalue weighted by atomic mass is 9.91. The Bertz CT molecular complexity index is 1040. The molecule has 0 saturated carbocycles. The molecule has 3 aromatic rings. The van der Waals surface area contributed by atoms with Gasteiger partial charge in [-0.05, 0) is 46.7 Å². The van der Waals surface area contributed by atoms with Crippen LogP contribution in [0.15, 0.2) is 54.6 Å². The molecule has 0 N–H and O–H groups in total. The first-order valence-electron chi connectivity index (χ1n) is 9.33. The largest absolute Gasteiger partial charge is 0.497 e. The first kappa shape index (κ1) is 16.3. The monoisotopic (exact) mass is 359 g/mol. The Labute approximate surface area is 158 Å². The summed E-state index contributed by atoms with van der Waals surface area (Å²) >= 11 is 0. The summed E-state index contributed by atoms with van der Waals surface area (Å²) in [5, 5.41) is 2.22. The van der Waals surface area contributed by atoms with Crippen molar-refractivity contribution in [3.05, 3.63) is 76.9 Å². The predicted octanol–water partition coefficient (Wildman–Crippen LogP) is 4.47. The van der Waals surface area contributed by atoms with Crippen molar-refractivity contribution in [2.75, 3.05) is 13.7 Å². The van der Waals surface area contributed by atoms with Gasteiger partial charge in [-0.2, -0.15) is 0 Å². The fourth-order valence-corrected chi connectivity index (χ4v) is 4.26. The van der Waals surface area contributed by atoms with Crippen molar-refractivity contribution in [3.8, 4) is 5.75 Å². The molecule has 1 atom stereocenters. The van der Waals surface area contributed by atoms with Gasteiger partial charge in [0.15, 0.2) is 0 Å². The number of carbonyl (C=O) groups excluding carboxylic acids is 1. The van der Waals surface area contributed by atoms with Crippen molar-refractivity contribution < 1.29 is 14.3 Å². The Balaban J connectivity index is 1.48. The highest BCUT2D eigenvalue weighted by Gasteiger charge is 2.30. The van der Waals surface area contributed by atoms with Crippen molar-refractivity contribution in [3.63, 3.8) is 0 Å². The third kappa shape index (κ3) is 2.68. The number of esters is 1. The highest BCUT2D eigenvalue weighted by Crippen LogP contribution is 2.38. The molecular weight excluding hydrogens is 338 g/mol. The zero-order valence-electron chi connectivity index (χ0n) is 15.3. The summed E-state index contributed by atoms with van der Waals surface area (Å²) in [5.41, 5.74) is 4.34. The zero-order chi connectivity index (χ0) is 18.4. The van der Waals surface area contributed by atoms with E-state index in [0.717, 1.165) is 41.6 Å². The molecule has 0 unspecified atom stereocenters. The number of hydrogen-bond acceptors (Lipinski definition) is 4. The zero-order valence-corrected chi connectivity index (χ0v) is 15.3. The summed E-state index contributed by atoms with van der Waals surface area (Å²) in [7, 11) is 1.71. The number of benzene rings is 3. The van der Waals surface area contributed by atoms with Crippen molar-refractivity contribution in [1.82, 2.24) is 4.90 Å². The van der Waals surface area contributed by atoms with Crippen LogP contribution in [0.4, 0.5) is 0 Å². The van der Waals surface area contributed by atoms with Gasteiger partial charge in [0.25, 0.3) is 0 Å². The number of hydrogen-bond donors (Lipinski definition) is 0. The van der Waals surface area contributed by atoms with E-state index in [4.69, 9.17) is 9.47 Å². The minimum Gasteiger partial charge on any atom is -0.497 e. The van der Waals surface area contributed by atoms with Crippen molar-refractivity contribution in [1.29, 1.82) is 0 Å². The number of carbonyl (C=O) groups is 1. The van der Waals surface area contributed by atoms with Crippen LogP contribution in [0.25, 0.3) is 10.8 Å². The Hall–Kier alpha value is -2.85. The molecule has 1 saturated heterocycles. The second-order valence-corrected chi connectivity index (χ2v) is 7.24. The van der Waals surface area contributed by atoms with Crippen LogP contribution in [-0.4, -0.2) is 24.5 Å². The summed E-state index contributed by atoms with van der Waals surface area (Å²) in [5.74, 6) is 0.683. The SMILES string of the molecule is COc1cccc([C@H]2CCN2Cc2ccc3c4c(cccc24)C(=O)OC3)c1. The molecule has 5 rings (SSSR count). The molecule has 3 aromatic carbocycles. The Kier molecular flexibility index (Phi) is 3.87. The van der Waals surface area contributed by atoms with Crippen LogP contribution >= 0.6 is 0 Å². The van der Waals surface area contributed by atoms with Gasteiger partial charge in [-0.3, -0.25) is 4.90 Å². The molecule has 0 bridgehead atoms. The minimum atomic E-state index is -0.219. The maximum atomic E-state index is 12.1. The van der Waals surface area contributed by atoms with Gasteiger partial charge in [-0.1, -0.05) is 36.4 Å². The average Bonchev–Trinajstić information content (AvgIpc) is 2.69. The van der Waals surface area contributed by atoms with Crippen LogP contribution in [0.1, 0.15) is 39.5 Å². The summed E-state index contributed by atoms with van der Waals surface area (Å²) in [6.07, 6.45) is 1.15. The number of nitrogens with zero attached hydrogens (tertiary/aromatic N) is 1. The summed E-state index contributed by atoms with van der Waals surface area (Å²) < 4.78 is 10.7. The lowest BCUT2D eigenvalue weighted by molar-refractivity contribution is 0.0463. The molecule has 1 fully saturated rings. The Morgan fingerprint density at radius 3 is 2.85 bits per heavy atom. The lowest BCUT2D eigenvalue weighted by Gasteiger charge is -2.41. The fraction of sp³-hybridized carbons (Fsp3) is 0.261. The predicted molar refractivity (Wildman–Crippen MR) is 104 cm³/mol. The van der Waals surface area contributed by atoms with E-state index in [1.165, 1.54) is 11.1 Å². The molecule has 0 amide bonds. The van der Waals surface area contributed by atoms with E-state index in [1.807, 2.05) is 18.2 Å². The molecule has 136 valence electrons. The van der Waals surface area contributed by atoms with Gasteiger partial charge in [0.05, 0.1) is 12.7 Å². The highest BCUT2D eigenvalue weighted by molar-refractivity contribution is 6.08. The van der Waals surface area contributed by atoms with Crippen LogP contribution in [-0.2, 0) is 17.9 Å². The first-order chi connectivity index (χ1) is 13.2.